The van der Waals surface area contributed by atoms with E-state index in [0.717, 1.165) is 5.56 Å². The van der Waals surface area contributed by atoms with Crippen molar-refractivity contribution in [1.29, 1.82) is 0 Å². The Bertz CT molecular complexity index is 596. The van der Waals surface area contributed by atoms with Crippen LogP contribution in [0.1, 0.15) is 24.3 Å². The largest absolute Gasteiger partial charge is 0.467 e. The van der Waals surface area contributed by atoms with E-state index in [4.69, 9.17) is 10.2 Å². The monoisotopic (exact) mass is 287 g/mol. The maximum Gasteiger partial charge on any atom is 0.318 e. The maximum absolute atomic E-state index is 11.8. The predicted molar refractivity (Wildman–Crippen MR) is 77.3 cm³/mol. The van der Waals surface area contributed by atoms with Crippen LogP contribution < -0.4 is 16.4 Å². The summed E-state index contributed by atoms with van der Waals surface area (Å²) in [4.78, 5) is 22.5. The Morgan fingerprint density at radius 3 is 2.43 bits per heavy atom. The van der Waals surface area contributed by atoms with Crippen LogP contribution in [0.15, 0.2) is 53.1 Å². The molecule has 0 saturated heterocycles. The molecule has 1 aromatic heterocycles. The third-order valence-corrected chi connectivity index (χ3v) is 3.02. The van der Waals surface area contributed by atoms with E-state index >= 15 is 0 Å². The number of primary amides is 1. The Hall–Kier alpha value is -2.60. The first-order valence-electron chi connectivity index (χ1n) is 6.52. The minimum absolute atomic E-state index is 0.296. The highest BCUT2D eigenvalue weighted by Crippen LogP contribution is 2.22. The molecule has 0 aliphatic carbocycles. The summed E-state index contributed by atoms with van der Waals surface area (Å²) < 4.78 is 5.43. The summed E-state index contributed by atoms with van der Waals surface area (Å²) in [5, 5.41) is 5.18. The maximum atomic E-state index is 11.8. The number of carbonyl (C=O) groups is 2. The van der Waals surface area contributed by atoms with Gasteiger partial charge >= 0.3 is 6.03 Å². The number of hydrogen-bond donors (Lipinski definition) is 3. The molecule has 2 aromatic rings. The van der Waals surface area contributed by atoms with Gasteiger partial charge in [0.25, 0.3) is 0 Å². The first kappa shape index (κ1) is 14.8. The van der Waals surface area contributed by atoms with Crippen molar-refractivity contribution in [2.45, 2.75) is 19.0 Å². The summed E-state index contributed by atoms with van der Waals surface area (Å²) in [6.45, 7) is 1.65. The number of nitrogens with two attached hydrogens (primary N) is 1. The van der Waals surface area contributed by atoms with Crippen LogP contribution in [0.2, 0.25) is 0 Å². The van der Waals surface area contributed by atoms with Gasteiger partial charge in [-0.3, -0.25) is 15.4 Å². The molecular weight excluding hydrogens is 270 g/mol. The molecule has 21 heavy (non-hydrogen) atoms. The van der Waals surface area contributed by atoms with Crippen molar-refractivity contribution >= 4 is 11.9 Å². The molecule has 4 N–H and O–H groups in total. The summed E-state index contributed by atoms with van der Waals surface area (Å²) in [6, 6.07) is 11.4. The van der Waals surface area contributed by atoms with Gasteiger partial charge in [0.15, 0.2) is 0 Å². The lowest BCUT2D eigenvalue weighted by Crippen LogP contribution is -2.47. The second-order valence-electron chi connectivity index (χ2n) is 4.60. The normalized spacial score (nSPS) is 13.4. The SMILES string of the molecule is C[C@H](N[C@H](c1ccccc1)c1ccco1)C(=O)NC(N)=O. The minimum atomic E-state index is -0.872. The molecule has 0 spiro atoms. The minimum Gasteiger partial charge on any atom is -0.467 e. The van der Waals surface area contributed by atoms with Crippen LogP contribution in [-0.2, 0) is 4.79 Å². The van der Waals surface area contributed by atoms with Gasteiger partial charge in [-0.1, -0.05) is 30.3 Å². The molecule has 0 bridgehead atoms. The van der Waals surface area contributed by atoms with Crippen LogP contribution in [0.3, 0.4) is 0 Å². The van der Waals surface area contributed by atoms with E-state index in [1.54, 1.807) is 19.3 Å². The van der Waals surface area contributed by atoms with Gasteiger partial charge in [-0.15, -0.1) is 0 Å². The molecule has 0 aliphatic rings. The second-order valence-corrected chi connectivity index (χ2v) is 4.60. The summed E-state index contributed by atoms with van der Waals surface area (Å²) in [5.41, 5.74) is 5.90. The number of nitrogens with one attached hydrogen (secondary N) is 2. The number of hydrogen-bond acceptors (Lipinski definition) is 4. The lowest BCUT2D eigenvalue weighted by Gasteiger charge is -2.21. The highest BCUT2D eigenvalue weighted by atomic mass is 16.3. The Morgan fingerprint density at radius 1 is 1.14 bits per heavy atom. The van der Waals surface area contributed by atoms with E-state index in [2.05, 4.69) is 10.6 Å². The van der Waals surface area contributed by atoms with Crippen molar-refractivity contribution in [3.8, 4) is 0 Å². The van der Waals surface area contributed by atoms with E-state index < -0.39 is 18.0 Å². The van der Waals surface area contributed by atoms with Crippen molar-refractivity contribution in [1.82, 2.24) is 10.6 Å². The molecule has 0 unspecified atom stereocenters. The average molecular weight is 287 g/mol. The molecular formula is C15H17N3O3. The molecule has 3 amide bonds. The van der Waals surface area contributed by atoms with Gasteiger partial charge in [-0.05, 0) is 24.6 Å². The van der Waals surface area contributed by atoms with Gasteiger partial charge in [0.2, 0.25) is 5.91 Å². The van der Waals surface area contributed by atoms with Crippen molar-refractivity contribution < 1.29 is 14.0 Å². The highest BCUT2D eigenvalue weighted by Gasteiger charge is 2.23. The molecule has 2 rings (SSSR count). The Morgan fingerprint density at radius 2 is 1.86 bits per heavy atom. The van der Waals surface area contributed by atoms with Crippen molar-refractivity contribution in [2.24, 2.45) is 5.73 Å². The first-order chi connectivity index (χ1) is 10.1. The number of imide groups is 1. The highest BCUT2D eigenvalue weighted by molar-refractivity contribution is 5.96. The third kappa shape index (κ3) is 3.93. The molecule has 6 nitrogen and oxygen atoms in total. The Balaban J connectivity index is 2.18. The van der Waals surface area contributed by atoms with Gasteiger partial charge in [0, 0.05) is 0 Å². The molecule has 1 aromatic carbocycles. The van der Waals surface area contributed by atoms with Crippen LogP contribution >= 0.6 is 0 Å². The van der Waals surface area contributed by atoms with Gasteiger partial charge in [0.1, 0.15) is 5.76 Å². The van der Waals surface area contributed by atoms with E-state index in [0.29, 0.717) is 5.76 Å². The van der Waals surface area contributed by atoms with Gasteiger partial charge in [0.05, 0.1) is 18.3 Å². The summed E-state index contributed by atoms with van der Waals surface area (Å²) in [7, 11) is 0. The predicted octanol–water partition coefficient (Wildman–Crippen LogP) is 1.54. The van der Waals surface area contributed by atoms with Crippen molar-refractivity contribution in [3.63, 3.8) is 0 Å². The molecule has 0 saturated carbocycles. The van der Waals surface area contributed by atoms with Crippen molar-refractivity contribution in [2.75, 3.05) is 0 Å². The fraction of sp³-hybridized carbons (Fsp3) is 0.200. The molecule has 0 aliphatic heterocycles. The Labute approximate surface area is 122 Å². The number of rotatable bonds is 5. The fourth-order valence-electron chi connectivity index (χ4n) is 2.00. The van der Waals surface area contributed by atoms with E-state index in [-0.39, 0.29) is 6.04 Å². The molecule has 2 atom stereocenters. The molecule has 6 heteroatoms. The zero-order chi connectivity index (χ0) is 15.2. The van der Waals surface area contributed by atoms with Gasteiger partial charge in [-0.2, -0.15) is 0 Å². The second kappa shape index (κ2) is 6.71. The van der Waals surface area contributed by atoms with Crippen LogP contribution in [0.25, 0.3) is 0 Å². The molecule has 0 fully saturated rings. The zero-order valence-electron chi connectivity index (χ0n) is 11.6. The number of carbonyl (C=O) groups excluding carboxylic acids is 2. The first-order valence-corrected chi connectivity index (χ1v) is 6.52. The number of benzene rings is 1. The smallest absolute Gasteiger partial charge is 0.318 e. The molecule has 110 valence electrons. The van der Waals surface area contributed by atoms with Crippen LogP contribution in [0.5, 0.6) is 0 Å². The lowest BCUT2D eigenvalue weighted by atomic mass is 10.0. The fourth-order valence-corrected chi connectivity index (χ4v) is 2.00. The summed E-state index contributed by atoms with van der Waals surface area (Å²) in [5.74, 6) is 0.190. The van der Waals surface area contributed by atoms with Gasteiger partial charge < -0.3 is 10.2 Å². The number of amides is 3. The zero-order valence-corrected chi connectivity index (χ0v) is 11.6. The quantitative estimate of drug-likeness (QED) is 0.777. The topological polar surface area (TPSA) is 97.4 Å². The van der Waals surface area contributed by atoms with Crippen LogP contribution in [0, 0.1) is 0 Å². The van der Waals surface area contributed by atoms with Crippen LogP contribution in [-0.4, -0.2) is 18.0 Å². The number of furan rings is 1. The van der Waals surface area contributed by atoms with Crippen LogP contribution in [0.4, 0.5) is 4.79 Å². The van der Waals surface area contributed by atoms with Gasteiger partial charge in [-0.25, -0.2) is 4.79 Å². The van der Waals surface area contributed by atoms with E-state index in [1.807, 2.05) is 36.4 Å². The van der Waals surface area contributed by atoms with Crippen molar-refractivity contribution in [3.05, 3.63) is 60.1 Å². The average Bonchev–Trinajstić information content (AvgIpc) is 2.98. The summed E-state index contributed by atoms with van der Waals surface area (Å²) >= 11 is 0. The molecule has 0 radical (unpaired) electrons. The number of urea groups is 1. The summed E-state index contributed by atoms with van der Waals surface area (Å²) in [6.07, 6.45) is 1.57. The Kier molecular flexibility index (Phi) is 4.73. The van der Waals surface area contributed by atoms with E-state index in [1.165, 1.54) is 0 Å². The van der Waals surface area contributed by atoms with E-state index in [9.17, 15) is 9.59 Å². The third-order valence-electron chi connectivity index (χ3n) is 3.02. The lowest BCUT2D eigenvalue weighted by molar-refractivity contribution is -0.121. The standard InChI is InChI=1S/C15H17N3O3/c1-10(14(19)18-15(16)20)17-13(12-8-5-9-21-12)11-6-3-2-4-7-11/h2-10,13,17H,1H3,(H3,16,18,19,20)/t10-,13+/m0/s1. The molecule has 1 heterocycles.